The highest BCUT2D eigenvalue weighted by Crippen LogP contribution is 2.65. The van der Waals surface area contributed by atoms with Crippen LogP contribution in [0.5, 0.6) is 0 Å². The summed E-state index contributed by atoms with van der Waals surface area (Å²) in [5.41, 5.74) is 2.45. The van der Waals surface area contributed by atoms with Crippen LogP contribution in [0.4, 0.5) is 5.69 Å². The van der Waals surface area contributed by atoms with E-state index < -0.39 is 0 Å². The summed E-state index contributed by atoms with van der Waals surface area (Å²) in [6.07, 6.45) is 5.60. The van der Waals surface area contributed by atoms with Crippen LogP contribution in [0, 0.1) is 35.5 Å². The van der Waals surface area contributed by atoms with Crippen molar-refractivity contribution in [3.05, 3.63) is 66.7 Å². The molecule has 6 atom stereocenters. The third-order valence-corrected chi connectivity index (χ3v) is 7.50. The number of hydrogen-bond donors (Lipinski definition) is 0. The summed E-state index contributed by atoms with van der Waals surface area (Å²) in [5, 5.41) is 1.06. The second-order valence-corrected chi connectivity index (χ2v) is 8.86. The molecule has 4 aliphatic carbocycles. The monoisotopic (exact) mass is 381 g/mol. The molecule has 8 rings (SSSR count). The van der Waals surface area contributed by atoms with Gasteiger partial charge in [0.15, 0.2) is 0 Å². The van der Waals surface area contributed by atoms with Crippen LogP contribution in [0.15, 0.2) is 71.2 Å². The highest BCUT2D eigenvalue weighted by molar-refractivity contribution is 6.22. The van der Waals surface area contributed by atoms with E-state index in [1.54, 1.807) is 0 Å². The van der Waals surface area contributed by atoms with E-state index in [2.05, 4.69) is 12.2 Å². The zero-order chi connectivity index (χ0) is 19.3. The van der Waals surface area contributed by atoms with Gasteiger partial charge in [0, 0.05) is 10.9 Å². The van der Waals surface area contributed by atoms with E-state index in [-0.39, 0.29) is 35.5 Å². The molecule has 5 aliphatic rings. The fourth-order valence-electron chi connectivity index (χ4n) is 6.11. The third kappa shape index (κ3) is 1.99. The van der Waals surface area contributed by atoms with Gasteiger partial charge in [0.1, 0.15) is 11.3 Å². The van der Waals surface area contributed by atoms with Crippen molar-refractivity contribution < 1.29 is 14.0 Å². The number of nitrogens with zero attached hydrogens (tertiary/aromatic N) is 1. The Hall–Kier alpha value is -3.14. The summed E-state index contributed by atoms with van der Waals surface area (Å²) < 4.78 is 5.94. The molecule has 142 valence electrons. The largest absolute Gasteiger partial charge is 0.456 e. The van der Waals surface area contributed by atoms with Crippen LogP contribution >= 0.6 is 0 Å². The van der Waals surface area contributed by atoms with Gasteiger partial charge in [-0.3, -0.25) is 14.5 Å². The maximum Gasteiger partial charge on any atom is 0.238 e. The van der Waals surface area contributed by atoms with Crippen molar-refractivity contribution in [2.45, 2.75) is 6.42 Å². The van der Waals surface area contributed by atoms with Gasteiger partial charge in [-0.25, -0.2) is 0 Å². The van der Waals surface area contributed by atoms with Crippen molar-refractivity contribution in [1.82, 2.24) is 0 Å². The lowest BCUT2D eigenvalue weighted by Gasteiger charge is -2.37. The number of amides is 2. The Kier molecular flexibility index (Phi) is 2.86. The lowest BCUT2D eigenvalue weighted by Crippen LogP contribution is -2.40. The molecule has 0 unspecified atom stereocenters. The summed E-state index contributed by atoms with van der Waals surface area (Å²) in [5.74, 6) is 2.21. The molecule has 0 N–H and O–H groups in total. The molecular weight excluding hydrogens is 362 g/mol. The lowest BCUT2D eigenvalue weighted by molar-refractivity contribution is -0.124. The molecule has 2 amide bonds. The molecule has 4 nitrogen and oxygen atoms in total. The van der Waals surface area contributed by atoms with Gasteiger partial charge in [0.05, 0.1) is 17.5 Å². The summed E-state index contributed by atoms with van der Waals surface area (Å²) in [7, 11) is 0. The van der Waals surface area contributed by atoms with Gasteiger partial charge in [0.25, 0.3) is 0 Å². The van der Waals surface area contributed by atoms with Crippen molar-refractivity contribution in [2.75, 3.05) is 4.90 Å². The number of allylic oxidation sites excluding steroid dienone is 2. The van der Waals surface area contributed by atoms with Crippen LogP contribution in [-0.4, -0.2) is 11.8 Å². The first-order valence-electron chi connectivity index (χ1n) is 10.4. The second kappa shape index (κ2) is 5.26. The Bertz CT molecular complexity index is 1150. The van der Waals surface area contributed by atoms with E-state index >= 15 is 0 Å². The lowest BCUT2D eigenvalue weighted by atomic mass is 9.63. The summed E-state index contributed by atoms with van der Waals surface area (Å²) in [6.45, 7) is 0. The van der Waals surface area contributed by atoms with Crippen molar-refractivity contribution in [2.24, 2.45) is 35.5 Å². The average Bonchev–Trinajstić information content (AvgIpc) is 3.40. The van der Waals surface area contributed by atoms with Crippen molar-refractivity contribution in [1.29, 1.82) is 0 Å². The molecule has 2 bridgehead atoms. The Balaban J connectivity index is 1.23. The summed E-state index contributed by atoms with van der Waals surface area (Å²) in [6, 6.07) is 17.5. The minimum Gasteiger partial charge on any atom is -0.456 e. The zero-order valence-electron chi connectivity index (χ0n) is 15.7. The number of hydrogen-bond acceptors (Lipinski definition) is 3. The molecule has 2 aromatic carbocycles. The van der Waals surface area contributed by atoms with Gasteiger partial charge in [-0.15, -0.1) is 0 Å². The number of anilines is 1. The highest BCUT2D eigenvalue weighted by Gasteiger charge is 2.67. The average molecular weight is 381 g/mol. The Morgan fingerprint density at radius 1 is 0.828 bits per heavy atom. The van der Waals surface area contributed by atoms with Crippen molar-refractivity contribution in [3.8, 4) is 11.3 Å². The molecule has 0 radical (unpaired) electrons. The molecule has 29 heavy (non-hydrogen) atoms. The Labute approximate surface area is 167 Å². The minimum absolute atomic E-state index is 0.0128. The number of para-hydroxylation sites is 1. The molecular formula is C25H19NO3. The quantitative estimate of drug-likeness (QED) is 0.479. The predicted molar refractivity (Wildman–Crippen MR) is 109 cm³/mol. The SMILES string of the molecule is O=C1[C@H]2[C@@H]3C=C[C@H]([C@@H]4C[C@H]34)[C@@H]2C(=O)N1c1ccc(-c2cc3ccccc3o2)cc1. The molecule has 0 spiro atoms. The summed E-state index contributed by atoms with van der Waals surface area (Å²) >= 11 is 0. The minimum atomic E-state index is -0.156. The van der Waals surface area contributed by atoms with Gasteiger partial charge in [-0.2, -0.15) is 0 Å². The van der Waals surface area contributed by atoms with Gasteiger partial charge in [-0.05, 0) is 66.5 Å². The second-order valence-electron chi connectivity index (χ2n) is 8.86. The van der Waals surface area contributed by atoms with Crippen LogP contribution in [0.2, 0.25) is 0 Å². The van der Waals surface area contributed by atoms with E-state index in [1.807, 2.05) is 54.6 Å². The molecule has 3 fully saturated rings. The maximum atomic E-state index is 13.2. The van der Waals surface area contributed by atoms with Crippen LogP contribution in [0.25, 0.3) is 22.3 Å². The van der Waals surface area contributed by atoms with E-state index in [9.17, 15) is 9.59 Å². The number of carbonyl (C=O) groups excluding carboxylic acids is 2. The highest BCUT2D eigenvalue weighted by atomic mass is 16.3. The topological polar surface area (TPSA) is 50.5 Å². The molecule has 1 aromatic heterocycles. The maximum absolute atomic E-state index is 13.2. The normalized spacial score (nSPS) is 34.0. The van der Waals surface area contributed by atoms with E-state index in [1.165, 1.54) is 11.3 Å². The van der Waals surface area contributed by atoms with E-state index in [4.69, 9.17) is 4.42 Å². The first-order chi connectivity index (χ1) is 14.2. The van der Waals surface area contributed by atoms with Gasteiger partial charge >= 0.3 is 0 Å². The Morgan fingerprint density at radius 2 is 1.48 bits per heavy atom. The number of carbonyl (C=O) groups is 2. The number of benzene rings is 2. The summed E-state index contributed by atoms with van der Waals surface area (Å²) in [4.78, 5) is 27.9. The zero-order valence-corrected chi connectivity index (χ0v) is 15.7. The third-order valence-electron chi connectivity index (χ3n) is 7.50. The van der Waals surface area contributed by atoms with Crippen LogP contribution in [0.1, 0.15) is 6.42 Å². The van der Waals surface area contributed by atoms with Gasteiger partial charge in [0.2, 0.25) is 11.8 Å². The number of imide groups is 1. The molecule has 2 saturated carbocycles. The smallest absolute Gasteiger partial charge is 0.238 e. The predicted octanol–water partition coefficient (Wildman–Crippen LogP) is 4.66. The molecule has 1 saturated heterocycles. The first kappa shape index (κ1) is 15.7. The van der Waals surface area contributed by atoms with Crippen LogP contribution in [-0.2, 0) is 9.59 Å². The number of rotatable bonds is 2. The van der Waals surface area contributed by atoms with E-state index in [0.29, 0.717) is 17.5 Å². The molecule has 4 heteroatoms. The van der Waals surface area contributed by atoms with Gasteiger partial charge < -0.3 is 4.42 Å². The number of furan rings is 1. The molecule has 2 heterocycles. The van der Waals surface area contributed by atoms with Crippen LogP contribution < -0.4 is 4.90 Å². The standard InChI is InChI=1S/C25H19NO3/c27-24-22-16-9-10-17(19-12-18(16)19)23(22)25(28)26(24)15-7-5-13(6-8-15)21-11-14-3-1-2-4-20(14)29-21/h1-11,16-19,22-23H,12H2/t16-,17-,18-,19+,22+,23+/m1/s1. The van der Waals surface area contributed by atoms with Crippen molar-refractivity contribution in [3.63, 3.8) is 0 Å². The van der Waals surface area contributed by atoms with Gasteiger partial charge in [-0.1, -0.05) is 30.4 Å². The number of fused-ring (bicyclic) bond motifs is 1. The first-order valence-corrected chi connectivity index (χ1v) is 10.4. The van der Waals surface area contributed by atoms with Crippen LogP contribution in [0.3, 0.4) is 0 Å². The van der Waals surface area contributed by atoms with Crippen molar-refractivity contribution >= 4 is 28.5 Å². The molecule has 1 aliphatic heterocycles. The molecule has 3 aromatic rings. The Morgan fingerprint density at radius 3 is 2.14 bits per heavy atom. The fourth-order valence-corrected chi connectivity index (χ4v) is 6.11. The fraction of sp³-hybridized carbons (Fsp3) is 0.280. The van der Waals surface area contributed by atoms with E-state index in [0.717, 1.165) is 22.3 Å².